The molecule has 1 aromatic rings. The number of pyridine rings is 1. The van der Waals surface area contributed by atoms with Crippen LogP contribution in [-0.4, -0.2) is 23.5 Å². The second-order valence-electron chi connectivity index (χ2n) is 3.34. The van der Waals surface area contributed by atoms with Gasteiger partial charge < -0.3 is 5.73 Å². The first-order chi connectivity index (χ1) is 6.76. The van der Waals surface area contributed by atoms with Crippen LogP contribution in [0.15, 0.2) is 31.0 Å². The van der Waals surface area contributed by atoms with E-state index in [4.69, 9.17) is 5.73 Å². The zero-order valence-electron chi connectivity index (χ0n) is 8.61. The first kappa shape index (κ1) is 10.9. The molecule has 3 nitrogen and oxygen atoms in total. The highest BCUT2D eigenvalue weighted by Crippen LogP contribution is 2.04. The van der Waals surface area contributed by atoms with Crippen LogP contribution in [0, 0.1) is 0 Å². The Morgan fingerprint density at radius 3 is 3.07 bits per heavy atom. The second kappa shape index (κ2) is 5.52. The van der Waals surface area contributed by atoms with Gasteiger partial charge in [-0.25, -0.2) is 0 Å². The standard InChI is InChI=1S/C11H17N3/c1-3-6-14(2)9-10-4-5-13-11(7-10)8-12/h3-5,7H,1,6,8-9,12H2,2H3. The van der Waals surface area contributed by atoms with Crippen LogP contribution < -0.4 is 5.73 Å². The Morgan fingerprint density at radius 2 is 2.43 bits per heavy atom. The molecule has 0 aromatic carbocycles. The SMILES string of the molecule is C=CCN(C)Cc1ccnc(CN)c1. The maximum atomic E-state index is 5.52. The predicted molar refractivity (Wildman–Crippen MR) is 58.7 cm³/mol. The van der Waals surface area contributed by atoms with E-state index in [1.54, 1.807) is 6.20 Å². The summed E-state index contributed by atoms with van der Waals surface area (Å²) in [5.74, 6) is 0. The van der Waals surface area contributed by atoms with Gasteiger partial charge in [0.25, 0.3) is 0 Å². The van der Waals surface area contributed by atoms with Crippen molar-refractivity contribution in [3.05, 3.63) is 42.2 Å². The van der Waals surface area contributed by atoms with Gasteiger partial charge in [0.2, 0.25) is 0 Å². The molecule has 0 atom stereocenters. The summed E-state index contributed by atoms with van der Waals surface area (Å²) < 4.78 is 0. The molecule has 1 aromatic heterocycles. The molecule has 0 aliphatic heterocycles. The van der Waals surface area contributed by atoms with E-state index in [2.05, 4.69) is 23.5 Å². The van der Waals surface area contributed by atoms with Gasteiger partial charge in [-0.3, -0.25) is 9.88 Å². The fourth-order valence-corrected chi connectivity index (χ4v) is 1.33. The molecule has 14 heavy (non-hydrogen) atoms. The third-order valence-corrected chi connectivity index (χ3v) is 1.98. The first-order valence-electron chi connectivity index (χ1n) is 4.69. The molecule has 0 amide bonds. The quantitative estimate of drug-likeness (QED) is 0.710. The molecule has 0 unspecified atom stereocenters. The summed E-state index contributed by atoms with van der Waals surface area (Å²) in [6.45, 7) is 5.99. The Morgan fingerprint density at radius 1 is 1.64 bits per heavy atom. The highest BCUT2D eigenvalue weighted by atomic mass is 15.1. The van der Waals surface area contributed by atoms with Gasteiger partial charge in [0.1, 0.15) is 0 Å². The Labute approximate surface area is 85.3 Å². The molecule has 0 bridgehead atoms. The van der Waals surface area contributed by atoms with Crippen molar-refractivity contribution in [1.29, 1.82) is 0 Å². The number of nitrogens with two attached hydrogens (primary N) is 1. The van der Waals surface area contributed by atoms with E-state index in [1.807, 2.05) is 18.2 Å². The largest absolute Gasteiger partial charge is 0.325 e. The maximum absolute atomic E-state index is 5.52. The normalized spacial score (nSPS) is 10.5. The summed E-state index contributed by atoms with van der Waals surface area (Å²) in [5, 5.41) is 0. The molecular weight excluding hydrogens is 174 g/mol. The maximum Gasteiger partial charge on any atom is 0.0542 e. The van der Waals surface area contributed by atoms with Crippen LogP contribution in [-0.2, 0) is 13.1 Å². The average Bonchev–Trinajstić information content (AvgIpc) is 2.18. The minimum absolute atomic E-state index is 0.499. The van der Waals surface area contributed by atoms with Crippen LogP contribution in [0.25, 0.3) is 0 Å². The van der Waals surface area contributed by atoms with Gasteiger partial charge in [-0.15, -0.1) is 6.58 Å². The zero-order chi connectivity index (χ0) is 10.4. The Hall–Kier alpha value is -1.19. The third-order valence-electron chi connectivity index (χ3n) is 1.98. The van der Waals surface area contributed by atoms with Gasteiger partial charge in [-0.2, -0.15) is 0 Å². The summed E-state index contributed by atoms with van der Waals surface area (Å²) in [6.07, 6.45) is 3.70. The first-order valence-corrected chi connectivity index (χ1v) is 4.69. The van der Waals surface area contributed by atoms with E-state index >= 15 is 0 Å². The molecule has 0 spiro atoms. The summed E-state index contributed by atoms with van der Waals surface area (Å²) in [6, 6.07) is 4.05. The van der Waals surface area contributed by atoms with Crippen LogP contribution in [0.2, 0.25) is 0 Å². The molecule has 0 saturated carbocycles. The van der Waals surface area contributed by atoms with Gasteiger partial charge in [-0.05, 0) is 24.7 Å². The van der Waals surface area contributed by atoms with Crippen LogP contribution >= 0.6 is 0 Å². The van der Waals surface area contributed by atoms with Crippen molar-refractivity contribution in [1.82, 2.24) is 9.88 Å². The zero-order valence-corrected chi connectivity index (χ0v) is 8.61. The lowest BCUT2D eigenvalue weighted by Crippen LogP contribution is -2.17. The summed E-state index contributed by atoms with van der Waals surface area (Å²) in [4.78, 5) is 6.33. The summed E-state index contributed by atoms with van der Waals surface area (Å²) >= 11 is 0. The average molecular weight is 191 g/mol. The van der Waals surface area contributed by atoms with Crippen LogP contribution in [0.5, 0.6) is 0 Å². The lowest BCUT2D eigenvalue weighted by Gasteiger charge is -2.14. The molecule has 76 valence electrons. The van der Waals surface area contributed by atoms with Crippen molar-refractivity contribution >= 4 is 0 Å². The Bertz CT molecular complexity index is 296. The van der Waals surface area contributed by atoms with Gasteiger partial charge in [-0.1, -0.05) is 6.08 Å². The van der Waals surface area contributed by atoms with E-state index in [9.17, 15) is 0 Å². The highest BCUT2D eigenvalue weighted by molar-refractivity contribution is 5.16. The van der Waals surface area contributed by atoms with Gasteiger partial charge >= 0.3 is 0 Å². The molecule has 0 fully saturated rings. The smallest absolute Gasteiger partial charge is 0.0542 e. The number of likely N-dealkylation sites (N-methyl/N-ethyl adjacent to an activating group) is 1. The van der Waals surface area contributed by atoms with Crippen molar-refractivity contribution in [2.45, 2.75) is 13.1 Å². The minimum atomic E-state index is 0.499. The summed E-state index contributed by atoms with van der Waals surface area (Å²) in [5.41, 5.74) is 7.70. The fourth-order valence-electron chi connectivity index (χ4n) is 1.33. The molecule has 0 radical (unpaired) electrons. The van der Waals surface area contributed by atoms with E-state index < -0.39 is 0 Å². The van der Waals surface area contributed by atoms with Crippen molar-refractivity contribution < 1.29 is 0 Å². The van der Waals surface area contributed by atoms with E-state index in [-0.39, 0.29) is 0 Å². The van der Waals surface area contributed by atoms with Gasteiger partial charge in [0.05, 0.1) is 5.69 Å². The lowest BCUT2D eigenvalue weighted by molar-refractivity contribution is 0.363. The van der Waals surface area contributed by atoms with E-state index in [0.717, 1.165) is 18.8 Å². The molecule has 1 rings (SSSR count). The van der Waals surface area contributed by atoms with Crippen LogP contribution in [0.1, 0.15) is 11.3 Å². The molecule has 0 saturated heterocycles. The molecule has 1 heterocycles. The fraction of sp³-hybridized carbons (Fsp3) is 0.364. The Balaban J connectivity index is 2.61. The lowest BCUT2D eigenvalue weighted by atomic mass is 10.2. The topological polar surface area (TPSA) is 42.2 Å². The van der Waals surface area contributed by atoms with Gasteiger partial charge in [0.15, 0.2) is 0 Å². The second-order valence-corrected chi connectivity index (χ2v) is 3.34. The number of rotatable bonds is 5. The molecule has 0 aliphatic carbocycles. The van der Waals surface area contributed by atoms with Crippen molar-refractivity contribution in [3.63, 3.8) is 0 Å². The third kappa shape index (κ3) is 3.28. The van der Waals surface area contributed by atoms with E-state index in [0.29, 0.717) is 6.54 Å². The number of hydrogen-bond acceptors (Lipinski definition) is 3. The Kier molecular flexibility index (Phi) is 4.29. The number of nitrogens with zero attached hydrogens (tertiary/aromatic N) is 2. The highest BCUT2D eigenvalue weighted by Gasteiger charge is 1.99. The predicted octanol–water partition coefficient (Wildman–Crippen LogP) is 1.16. The number of aromatic nitrogens is 1. The van der Waals surface area contributed by atoms with Crippen molar-refractivity contribution in [2.75, 3.05) is 13.6 Å². The monoisotopic (exact) mass is 191 g/mol. The van der Waals surface area contributed by atoms with Crippen LogP contribution in [0.3, 0.4) is 0 Å². The van der Waals surface area contributed by atoms with Crippen LogP contribution in [0.4, 0.5) is 0 Å². The molecule has 3 heteroatoms. The minimum Gasteiger partial charge on any atom is -0.325 e. The number of hydrogen-bond donors (Lipinski definition) is 1. The van der Waals surface area contributed by atoms with Crippen molar-refractivity contribution in [3.8, 4) is 0 Å². The van der Waals surface area contributed by atoms with Crippen molar-refractivity contribution in [2.24, 2.45) is 5.73 Å². The van der Waals surface area contributed by atoms with E-state index in [1.165, 1.54) is 5.56 Å². The summed E-state index contributed by atoms with van der Waals surface area (Å²) in [7, 11) is 2.06. The van der Waals surface area contributed by atoms with Gasteiger partial charge in [0, 0.05) is 25.8 Å². The molecular formula is C11H17N3. The molecule has 0 aliphatic rings. The molecule has 2 N–H and O–H groups in total.